The van der Waals surface area contributed by atoms with Crippen LogP contribution in [0, 0.1) is 11.3 Å². The van der Waals surface area contributed by atoms with Crippen LogP contribution >= 0.6 is 0 Å². The largest absolute Gasteiger partial charge is 0.379 e. The third-order valence-corrected chi connectivity index (χ3v) is 6.72. The Bertz CT molecular complexity index is 1390. The summed E-state index contributed by atoms with van der Waals surface area (Å²) in [6.07, 6.45) is 8.46. The van der Waals surface area contributed by atoms with Crippen LogP contribution in [0.2, 0.25) is 0 Å². The number of nitriles is 1. The van der Waals surface area contributed by atoms with E-state index in [0.29, 0.717) is 23.2 Å². The van der Waals surface area contributed by atoms with Gasteiger partial charge in [-0.2, -0.15) is 9.78 Å². The molecular formula is C25H29N11. The molecule has 3 aromatic heterocycles. The molecule has 0 amide bonds. The molecule has 36 heavy (non-hydrogen) atoms. The zero-order valence-corrected chi connectivity index (χ0v) is 20.3. The molecule has 1 aliphatic heterocycles. The molecule has 4 heterocycles. The number of benzene rings is 1. The predicted molar refractivity (Wildman–Crippen MR) is 138 cm³/mol. The second-order valence-corrected chi connectivity index (χ2v) is 9.38. The number of nitrogens with one attached hydrogen (secondary N) is 2. The van der Waals surface area contributed by atoms with E-state index in [1.807, 2.05) is 10.6 Å². The minimum absolute atomic E-state index is 0.398. The fraction of sp³-hybridized carbons (Fsp3) is 0.400. The van der Waals surface area contributed by atoms with E-state index in [4.69, 9.17) is 0 Å². The summed E-state index contributed by atoms with van der Waals surface area (Å²) in [6.45, 7) is 7.45. The highest BCUT2D eigenvalue weighted by Crippen LogP contribution is 2.32. The van der Waals surface area contributed by atoms with Crippen LogP contribution in [-0.4, -0.2) is 73.0 Å². The van der Waals surface area contributed by atoms with Gasteiger partial charge >= 0.3 is 0 Å². The van der Waals surface area contributed by atoms with Crippen LogP contribution in [0.15, 0.2) is 43.1 Å². The van der Waals surface area contributed by atoms with Gasteiger partial charge in [0.2, 0.25) is 0 Å². The van der Waals surface area contributed by atoms with Crippen molar-refractivity contribution in [2.24, 2.45) is 0 Å². The summed E-state index contributed by atoms with van der Waals surface area (Å²) in [5.74, 6) is 0.635. The number of piperazine rings is 1. The van der Waals surface area contributed by atoms with Gasteiger partial charge in [0.25, 0.3) is 0 Å². The van der Waals surface area contributed by atoms with Gasteiger partial charge in [-0.1, -0.05) is 6.92 Å². The Hall–Kier alpha value is -4.17. The molecule has 11 heteroatoms. The second kappa shape index (κ2) is 9.47. The zero-order valence-electron chi connectivity index (χ0n) is 20.3. The van der Waals surface area contributed by atoms with Gasteiger partial charge in [-0.05, 0) is 44.0 Å². The third kappa shape index (κ3) is 4.43. The van der Waals surface area contributed by atoms with Crippen LogP contribution < -0.4 is 15.5 Å². The maximum atomic E-state index is 9.52. The number of rotatable bonds is 8. The molecule has 0 radical (unpaired) electrons. The summed E-state index contributed by atoms with van der Waals surface area (Å²) in [7, 11) is 0. The molecule has 1 aliphatic carbocycles. The Morgan fingerprint density at radius 2 is 1.86 bits per heavy atom. The van der Waals surface area contributed by atoms with Crippen molar-refractivity contribution in [1.82, 2.24) is 34.3 Å². The van der Waals surface area contributed by atoms with Crippen molar-refractivity contribution >= 4 is 28.5 Å². The first kappa shape index (κ1) is 22.3. The predicted octanol–water partition coefficient (Wildman–Crippen LogP) is 3.03. The van der Waals surface area contributed by atoms with E-state index >= 15 is 0 Å². The average Bonchev–Trinajstić information content (AvgIpc) is 3.37. The standard InChI is InChI=1S/C25H29N11/c1-2-7-33-8-10-34(11-9-33)22-6-5-19(12-23(22)35-16-28-29-17-35)31-24-13-21(30-18-3-4-18)25-27-15-20(14-26)36(25)32-24/h5-6,12-13,15-18,30H,2-4,7-11H2,1H3,(H,31,32). The van der Waals surface area contributed by atoms with Crippen molar-refractivity contribution < 1.29 is 0 Å². The molecule has 1 saturated carbocycles. The van der Waals surface area contributed by atoms with E-state index < -0.39 is 0 Å². The number of hydrogen-bond donors (Lipinski definition) is 2. The second-order valence-electron chi connectivity index (χ2n) is 9.38. The number of aromatic nitrogens is 6. The van der Waals surface area contributed by atoms with Crippen molar-refractivity contribution in [2.45, 2.75) is 32.2 Å². The number of imidazole rings is 1. The number of nitrogens with zero attached hydrogens (tertiary/aromatic N) is 9. The summed E-state index contributed by atoms with van der Waals surface area (Å²) in [4.78, 5) is 9.36. The van der Waals surface area contributed by atoms with Crippen LogP contribution in [0.1, 0.15) is 31.9 Å². The first-order valence-corrected chi connectivity index (χ1v) is 12.5. The monoisotopic (exact) mass is 483 g/mol. The van der Waals surface area contributed by atoms with Gasteiger partial charge in [0.05, 0.1) is 23.3 Å². The topological polar surface area (TPSA) is 115 Å². The van der Waals surface area contributed by atoms with Gasteiger partial charge in [0, 0.05) is 44.0 Å². The molecule has 1 saturated heterocycles. The Labute approximate surface area is 209 Å². The molecule has 2 fully saturated rings. The molecule has 184 valence electrons. The van der Waals surface area contributed by atoms with Crippen LogP contribution in [0.5, 0.6) is 0 Å². The molecule has 11 nitrogen and oxygen atoms in total. The number of hydrogen-bond acceptors (Lipinski definition) is 9. The molecule has 6 rings (SSSR count). The van der Waals surface area contributed by atoms with Gasteiger partial charge in [-0.15, -0.1) is 15.3 Å². The van der Waals surface area contributed by atoms with Gasteiger partial charge in [0.15, 0.2) is 17.2 Å². The fourth-order valence-electron chi connectivity index (χ4n) is 4.74. The Morgan fingerprint density at radius 1 is 1.06 bits per heavy atom. The Balaban J connectivity index is 1.32. The molecule has 0 unspecified atom stereocenters. The van der Waals surface area contributed by atoms with Crippen molar-refractivity contribution in [3.05, 3.63) is 48.8 Å². The lowest BCUT2D eigenvalue weighted by Crippen LogP contribution is -2.46. The summed E-state index contributed by atoms with van der Waals surface area (Å²) >= 11 is 0. The van der Waals surface area contributed by atoms with Crippen LogP contribution in [0.3, 0.4) is 0 Å². The lowest BCUT2D eigenvalue weighted by Gasteiger charge is -2.37. The highest BCUT2D eigenvalue weighted by molar-refractivity contribution is 5.75. The summed E-state index contributed by atoms with van der Waals surface area (Å²) < 4.78 is 3.54. The molecule has 0 bridgehead atoms. The normalized spacial score (nSPS) is 16.3. The van der Waals surface area contributed by atoms with Gasteiger partial charge in [0.1, 0.15) is 18.7 Å². The van der Waals surface area contributed by atoms with Crippen LogP contribution in [-0.2, 0) is 0 Å². The van der Waals surface area contributed by atoms with Crippen molar-refractivity contribution in [3.8, 4) is 11.8 Å². The molecule has 2 aliphatic rings. The van der Waals surface area contributed by atoms with Crippen LogP contribution in [0.4, 0.5) is 22.9 Å². The first-order chi connectivity index (χ1) is 17.7. The van der Waals surface area contributed by atoms with Crippen LogP contribution in [0.25, 0.3) is 11.3 Å². The maximum Gasteiger partial charge on any atom is 0.178 e. The van der Waals surface area contributed by atoms with Gasteiger partial charge in [-0.25, -0.2) is 4.98 Å². The quantitative estimate of drug-likeness (QED) is 0.390. The SMILES string of the molecule is CCCN1CCN(c2ccc(Nc3cc(NC4CC4)c4ncc(C#N)n4n3)cc2-n2cnnc2)CC1. The maximum absolute atomic E-state index is 9.52. The fourth-order valence-corrected chi connectivity index (χ4v) is 4.74. The van der Waals surface area contributed by atoms with Crippen molar-refractivity contribution in [1.29, 1.82) is 5.26 Å². The number of fused-ring (bicyclic) bond motifs is 1. The van der Waals surface area contributed by atoms with E-state index in [2.05, 4.69) is 71.9 Å². The van der Waals surface area contributed by atoms with Gasteiger partial charge in [-0.3, -0.25) is 9.47 Å². The zero-order chi connectivity index (χ0) is 24.5. The summed E-state index contributed by atoms with van der Waals surface area (Å²) in [6, 6.07) is 10.9. The lowest BCUT2D eigenvalue weighted by atomic mass is 10.2. The van der Waals surface area contributed by atoms with E-state index in [9.17, 15) is 5.26 Å². The third-order valence-electron chi connectivity index (χ3n) is 6.72. The van der Waals surface area contributed by atoms with Gasteiger partial charge < -0.3 is 15.5 Å². The Kier molecular flexibility index (Phi) is 5.87. The van der Waals surface area contributed by atoms with E-state index in [0.717, 1.165) is 68.3 Å². The average molecular weight is 484 g/mol. The minimum Gasteiger partial charge on any atom is -0.379 e. The number of anilines is 4. The van der Waals surface area contributed by atoms with Crippen molar-refractivity contribution in [2.75, 3.05) is 48.3 Å². The molecule has 0 spiro atoms. The Morgan fingerprint density at radius 3 is 2.58 bits per heavy atom. The molecule has 2 N–H and O–H groups in total. The summed E-state index contributed by atoms with van der Waals surface area (Å²) in [5, 5.41) is 29.2. The summed E-state index contributed by atoms with van der Waals surface area (Å²) in [5.41, 5.74) is 4.97. The molecule has 4 aromatic rings. The van der Waals surface area contributed by atoms with E-state index in [1.54, 1.807) is 23.4 Å². The molecule has 1 aromatic carbocycles. The first-order valence-electron chi connectivity index (χ1n) is 12.5. The highest BCUT2D eigenvalue weighted by atomic mass is 15.3. The molecule has 0 atom stereocenters. The van der Waals surface area contributed by atoms with E-state index in [1.165, 1.54) is 6.42 Å². The van der Waals surface area contributed by atoms with E-state index in [-0.39, 0.29) is 0 Å². The molecular weight excluding hydrogens is 454 g/mol. The highest BCUT2D eigenvalue weighted by Gasteiger charge is 2.24. The lowest BCUT2D eigenvalue weighted by molar-refractivity contribution is 0.258. The minimum atomic E-state index is 0.398. The smallest absolute Gasteiger partial charge is 0.178 e. The van der Waals surface area contributed by atoms with Crippen molar-refractivity contribution in [3.63, 3.8) is 0 Å².